The molecule has 5 heteroatoms. The summed E-state index contributed by atoms with van der Waals surface area (Å²) in [6, 6.07) is 14.3. The van der Waals surface area contributed by atoms with Crippen molar-refractivity contribution in [2.45, 2.75) is 77.4 Å². The molecular formula is C28H42N2O2S. The molecule has 2 N–H and O–H groups in total. The number of rotatable bonds is 16. The number of nitrogens with zero attached hydrogens (tertiary/aromatic N) is 1. The van der Waals surface area contributed by atoms with Crippen molar-refractivity contribution in [1.82, 2.24) is 4.90 Å². The van der Waals surface area contributed by atoms with Gasteiger partial charge in [0.05, 0.1) is 6.61 Å². The minimum Gasteiger partial charge on any atom is -0.392 e. The first-order valence-corrected chi connectivity index (χ1v) is 13.0. The van der Waals surface area contributed by atoms with Gasteiger partial charge in [0, 0.05) is 18.7 Å². The van der Waals surface area contributed by atoms with Crippen molar-refractivity contribution >= 4 is 24.2 Å². The molecule has 0 aromatic heterocycles. The zero-order valence-electron chi connectivity index (χ0n) is 20.5. The third-order valence-electron chi connectivity index (χ3n) is 5.96. The van der Waals surface area contributed by atoms with Crippen molar-refractivity contribution in [1.29, 1.82) is 0 Å². The summed E-state index contributed by atoms with van der Waals surface area (Å²) >= 11 is 4.24. The lowest BCUT2D eigenvalue weighted by atomic mass is 9.96. The summed E-state index contributed by atoms with van der Waals surface area (Å²) in [7, 11) is 4.14. The van der Waals surface area contributed by atoms with E-state index in [9.17, 15) is 9.90 Å². The highest BCUT2D eigenvalue weighted by Crippen LogP contribution is 2.22. The molecule has 182 valence electrons. The second-order valence-electron chi connectivity index (χ2n) is 9.18. The van der Waals surface area contributed by atoms with Crippen molar-refractivity contribution in [2.75, 3.05) is 25.2 Å². The Hall–Kier alpha value is -1.82. The number of carbonyl (C=O) groups is 1. The lowest BCUT2D eigenvalue weighted by molar-refractivity contribution is -0.116. The molecule has 2 aromatic rings. The molecular weight excluding hydrogens is 428 g/mol. The molecule has 0 atom stereocenters. The SMILES string of the molecule is CN(C)Cc1ccccc1Cc1ccc(NC(=O)CCCCCCCCCCS)cc1CO. The van der Waals surface area contributed by atoms with Gasteiger partial charge in [0.1, 0.15) is 0 Å². The number of hydrogen-bond donors (Lipinski definition) is 3. The predicted molar refractivity (Wildman–Crippen MR) is 143 cm³/mol. The van der Waals surface area contributed by atoms with Crippen molar-refractivity contribution in [3.05, 3.63) is 64.7 Å². The van der Waals surface area contributed by atoms with Crippen LogP contribution in [0.5, 0.6) is 0 Å². The highest BCUT2D eigenvalue weighted by Gasteiger charge is 2.10. The maximum atomic E-state index is 12.4. The zero-order chi connectivity index (χ0) is 23.9. The molecule has 0 aliphatic carbocycles. The minimum absolute atomic E-state index is 0.0388. The fourth-order valence-electron chi connectivity index (χ4n) is 4.13. The van der Waals surface area contributed by atoms with E-state index < -0.39 is 0 Å². The predicted octanol–water partition coefficient (Wildman–Crippen LogP) is 6.21. The van der Waals surface area contributed by atoms with E-state index in [4.69, 9.17) is 0 Å². The van der Waals surface area contributed by atoms with Crippen LogP contribution in [0.25, 0.3) is 0 Å². The smallest absolute Gasteiger partial charge is 0.224 e. The monoisotopic (exact) mass is 470 g/mol. The number of thiol groups is 1. The van der Waals surface area contributed by atoms with E-state index in [0.29, 0.717) is 6.42 Å². The Kier molecular flexibility index (Phi) is 13.2. The molecule has 0 spiro atoms. The molecule has 0 aliphatic rings. The largest absolute Gasteiger partial charge is 0.392 e. The van der Waals surface area contributed by atoms with Crippen LogP contribution < -0.4 is 5.32 Å². The fraction of sp³-hybridized carbons (Fsp3) is 0.536. The number of nitrogens with one attached hydrogen (secondary N) is 1. The molecule has 0 unspecified atom stereocenters. The van der Waals surface area contributed by atoms with E-state index >= 15 is 0 Å². The average Bonchev–Trinajstić information content (AvgIpc) is 2.80. The normalized spacial score (nSPS) is 11.2. The molecule has 0 saturated heterocycles. The van der Waals surface area contributed by atoms with Crippen LogP contribution >= 0.6 is 12.6 Å². The highest BCUT2D eigenvalue weighted by molar-refractivity contribution is 7.80. The van der Waals surface area contributed by atoms with Crippen LogP contribution in [0, 0.1) is 0 Å². The number of aliphatic hydroxyl groups is 1. The Balaban J connectivity index is 1.82. The van der Waals surface area contributed by atoms with Gasteiger partial charge in [0.25, 0.3) is 0 Å². The third kappa shape index (κ3) is 10.8. The summed E-state index contributed by atoms with van der Waals surface area (Å²) in [5.74, 6) is 1.04. The van der Waals surface area contributed by atoms with Crippen molar-refractivity contribution in [3.8, 4) is 0 Å². The highest BCUT2D eigenvalue weighted by atomic mass is 32.1. The van der Waals surface area contributed by atoms with Gasteiger partial charge in [-0.3, -0.25) is 4.79 Å². The molecule has 1 amide bonds. The summed E-state index contributed by atoms with van der Waals surface area (Å²) in [6.07, 6.45) is 10.9. The van der Waals surface area contributed by atoms with Gasteiger partial charge in [0.15, 0.2) is 0 Å². The summed E-state index contributed by atoms with van der Waals surface area (Å²) in [4.78, 5) is 14.5. The first-order valence-electron chi connectivity index (χ1n) is 12.4. The summed E-state index contributed by atoms with van der Waals surface area (Å²) in [5.41, 5.74) is 5.28. The van der Waals surface area contributed by atoms with Crippen molar-refractivity contribution in [2.24, 2.45) is 0 Å². The molecule has 0 saturated carbocycles. The second kappa shape index (κ2) is 15.9. The molecule has 2 rings (SSSR count). The lowest BCUT2D eigenvalue weighted by Gasteiger charge is -2.16. The fourth-order valence-corrected chi connectivity index (χ4v) is 4.36. The molecule has 33 heavy (non-hydrogen) atoms. The number of benzene rings is 2. The molecule has 2 aromatic carbocycles. The summed E-state index contributed by atoms with van der Waals surface area (Å²) in [5, 5.41) is 12.9. The van der Waals surface area contributed by atoms with E-state index in [1.54, 1.807) is 0 Å². The Morgan fingerprint density at radius 3 is 2.09 bits per heavy atom. The van der Waals surface area contributed by atoms with Gasteiger partial charge < -0.3 is 15.3 Å². The quantitative estimate of drug-likeness (QED) is 0.202. The summed E-state index contributed by atoms with van der Waals surface area (Å²) in [6.45, 7) is 0.845. The molecule has 0 aliphatic heterocycles. The maximum absolute atomic E-state index is 12.4. The minimum atomic E-state index is -0.0388. The topological polar surface area (TPSA) is 52.6 Å². The molecule has 0 heterocycles. The van der Waals surface area contributed by atoms with E-state index in [-0.39, 0.29) is 12.5 Å². The second-order valence-corrected chi connectivity index (χ2v) is 9.62. The van der Waals surface area contributed by atoms with Gasteiger partial charge in [-0.05, 0) is 73.5 Å². The van der Waals surface area contributed by atoms with Gasteiger partial charge in [-0.1, -0.05) is 68.9 Å². The van der Waals surface area contributed by atoms with E-state index in [2.05, 4.69) is 61.2 Å². The maximum Gasteiger partial charge on any atom is 0.224 e. The van der Waals surface area contributed by atoms with E-state index in [1.807, 2.05) is 18.2 Å². The third-order valence-corrected chi connectivity index (χ3v) is 6.27. The molecule has 0 fully saturated rings. The molecule has 4 nitrogen and oxygen atoms in total. The Morgan fingerprint density at radius 2 is 1.45 bits per heavy atom. The van der Waals surface area contributed by atoms with Crippen LogP contribution in [-0.4, -0.2) is 35.8 Å². The number of anilines is 1. The van der Waals surface area contributed by atoms with Crippen LogP contribution in [0.1, 0.15) is 80.0 Å². The van der Waals surface area contributed by atoms with Gasteiger partial charge in [-0.25, -0.2) is 0 Å². The number of carbonyl (C=O) groups excluding carboxylic acids is 1. The van der Waals surface area contributed by atoms with Crippen LogP contribution in [0.2, 0.25) is 0 Å². The Morgan fingerprint density at radius 1 is 0.848 bits per heavy atom. The first-order chi connectivity index (χ1) is 16.0. The van der Waals surface area contributed by atoms with Gasteiger partial charge in [-0.2, -0.15) is 12.6 Å². The first kappa shape index (κ1) is 27.4. The standard InChI is InChI=1S/C28H42N2O2S/c1-30(2)21-25-14-11-10-13-23(25)19-24-16-17-27(20-26(24)22-31)29-28(32)15-9-7-5-3-4-6-8-12-18-33/h10-11,13-14,16-17,20,31,33H,3-9,12,15,18-19,21-22H2,1-2H3,(H,29,32). The van der Waals surface area contributed by atoms with Crippen LogP contribution in [0.3, 0.4) is 0 Å². The lowest BCUT2D eigenvalue weighted by Crippen LogP contribution is -2.13. The zero-order valence-corrected chi connectivity index (χ0v) is 21.4. The van der Waals surface area contributed by atoms with Crippen LogP contribution in [0.15, 0.2) is 42.5 Å². The van der Waals surface area contributed by atoms with Crippen molar-refractivity contribution < 1.29 is 9.90 Å². The Bertz CT molecular complexity index is 838. The van der Waals surface area contributed by atoms with Crippen LogP contribution in [0.4, 0.5) is 5.69 Å². The number of amides is 1. The molecule has 0 radical (unpaired) electrons. The van der Waals surface area contributed by atoms with Gasteiger partial charge in [0.2, 0.25) is 5.91 Å². The van der Waals surface area contributed by atoms with Crippen LogP contribution in [-0.2, 0) is 24.4 Å². The average molecular weight is 471 g/mol. The molecule has 0 bridgehead atoms. The van der Waals surface area contributed by atoms with E-state index in [1.165, 1.54) is 49.7 Å². The summed E-state index contributed by atoms with van der Waals surface area (Å²) < 4.78 is 0. The van der Waals surface area contributed by atoms with Gasteiger partial charge in [-0.15, -0.1) is 0 Å². The van der Waals surface area contributed by atoms with E-state index in [0.717, 1.165) is 48.4 Å². The Labute approximate surface area is 206 Å². The van der Waals surface area contributed by atoms with Gasteiger partial charge >= 0.3 is 0 Å². The number of aliphatic hydroxyl groups excluding tert-OH is 1. The number of unbranched alkanes of at least 4 members (excludes halogenated alkanes) is 7. The number of hydrogen-bond acceptors (Lipinski definition) is 4. The van der Waals surface area contributed by atoms with Crippen molar-refractivity contribution in [3.63, 3.8) is 0 Å².